The van der Waals surface area contributed by atoms with E-state index in [2.05, 4.69) is 30.1 Å². The molecule has 1 heterocycles. The zero-order valence-corrected chi connectivity index (χ0v) is 16.1. The Labute approximate surface area is 164 Å². The van der Waals surface area contributed by atoms with Gasteiger partial charge in [-0.05, 0) is 53.8 Å². The van der Waals surface area contributed by atoms with Gasteiger partial charge in [0.2, 0.25) is 0 Å². The second-order valence-electron chi connectivity index (χ2n) is 7.19. The summed E-state index contributed by atoms with van der Waals surface area (Å²) in [5.74, 6) is 0.179. The van der Waals surface area contributed by atoms with E-state index in [1.807, 2.05) is 49.4 Å². The highest BCUT2D eigenvalue weighted by atomic mass is 16.3. The summed E-state index contributed by atoms with van der Waals surface area (Å²) in [5, 5.41) is 10.9. The van der Waals surface area contributed by atoms with Gasteiger partial charge in [-0.1, -0.05) is 61.5 Å². The molecule has 140 valence electrons. The molecule has 0 spiro atoms. The van der Waals surface area contributed by atoms with Gasteiger partial charge in [0.25, 0.3) is 0 Å². The maximum atomic E-state index is 12.8. The number of aldehydes is 1. The summed E-state index contributed by atoms with van der Waals surface area (Å²) in [5.41, 5.74) is 4.88. The number of aromatic nitrogens is 1. The van der Waals surface area contributed by atoms with Gasteiger partial charge >= 0.3 is 0 Å². The molecule has 4 rings (SSSR count). The molecule has 3 nitrogen and oxygen atoms in total. The summed E-state index contributed by atoms with van der Waals surface area (Å²) in [4.78, 5) is 16.3. The van der Waals surface area contributed by atoms with Gasteiger partial charge < -0.3 is 14.9 Å². The Hall–Kier alpha value is -3.33. The molecule has 28 heavy (non-hydrogen) atoms. The number of benzene rings is 3. The van der Waals surface area contributed by atoms with Crippen LogP contribution in [0.1, 0.15) is 34.9 Å². The highest BCUT2D eigenvalue weighted by Crippen LogP contribution is 2.41. The third kappa shape index (κ3) is 2.71. The van der Waals surface area contributed by atoms with Crippen LogP contribution in [0.15, 0.2) is 72.8 Å². The molecule has 0 unspecified atom stereocenters. The van der Waals surface area contributed by atoms with Crippen LogP contribution in [-0.4, -0.2) is 16.4 Å². The van der Waals surface area contributed by atoms with Crippen molar-refractivity contribution in [2.24, 2.45) is 0 Å². The molecule has 0 aliphatic heterocycles. The first-order valence-electron chi connectivity index (χ1n) is 9.53. The predicted octanol–water partition coefficient (Wildman–Crippen LogP) is 5.28. The molecule has 0 saturated carbocycles. The molecule has 0 aliphatic carbocycles. The van der Waals surface area contributed by atoms with Crippen molar-refractivity contribution in [3.05, 3.63) is 101 Å². The third-order valence-electron chi connectivity index (χ3n) is 5.68. The normalized spacial score (nSPS) is 13.4. The van der Waals surface area contributed by atoms with E-state index in [1.165, 1.54) is 5.56 Å². The maximum Gasteiger partial charge on any atom is 0.140 e. The molecule has 3 aromatic carbocycles. The van der Waals surface area contributed by atoms with Crippen molar-refractivity contribution in [3.8, 4) is 5.75 Å². The lowest BCUT2D eigenvalue weighted by Crippen LogP contribution is -2.32. The number of para-hydroxylation sites is 1. The van der Waals surface area contributed by atoms with Crippen LogP contribution in [0.5, 0.6) is 5.75 Å². The topological polar surface area (TPSA) is 53.1 Å². The van der Waals surface area contributed by atoms with Crippen LogP contribution in [-0.2, 0) is 16.6 Å². The van der Waals surface area contributed by atoms with E-state index < -0.39 is 5.41 Å². The van der Waals surface area contributed by atoms with Crippen molar-refractivity contribution in [1.82, 2.24) is 4.98 Å². The van der Waals surface area contributed by atoms with Crippen LogP contribution in [0.3, 0.4) is 0 Å². The average molecular weight is 369 g/mol. The van der Waals surface area contributed by atoms with Crippen LogP contribution in [0, 0.1) is 6.92 Å². The molecule has 0 fully saturated rings. The highest BCUT2D eigenvalue weighted by molar-refractivity contribution is 5.90. The van der Waals surface area contributed by atoms with Crippen LogP contribution in [0.25, 0.3) is 10.9 Å². The van der Waals surface area contributed by atoms with Crippen LogP contribution < -0.4 is 0 Å². The number of nitrogens with one attached hydrogen (secondary N) is 1. The lowest BCUT2D eigenvalue weighted by Gasteiger charge is -2.30. The van der Waals surface area contributed by atoms with Gasteiger partial charge in [-0.25, -0.2) is 0 Å². The Morgan fingerprint density at radius 1 is 0.929 bits per heavy atom. The summed E-state index contributed by atoms with van der Waals surface area (Å²) < 4.78 is 0. The number of carbonyl (C=O) groups excluding carboxylic acids is 1. The highest BCUT2D eigenvalue weighted by Gasteiger charge is 2.39. The van der Waals surface area contributed by atoms with Crippen molar-refractivity contribution in [3.63, 3.8) is 0 Å². The Bertz CT molecular complexity index is 1120. The number of aryl methyl sites for hydroxylation is 2. The SMILES string of the molecule is CCc1ccc([C@](C=O)(c2ccc(O)cc2)c2[nH]c3ccccc3c2C)cc1. The number of phenols is 1. The molecule has 0 aliphatic rings. The number of aromatic hydroxyl groups is 1. The average Bonchev–Trinajstić information content (AvgIpc) is 3.08. The minimum absolute atomic E-state index is 0.179. The molecular weight excluding hydrogens is 346 g/mol. The number of H-pyrrole nitrogens is 1. The fourth-order valence-corrected chi connectivity index (χ4v) is 4.05. The van der Waals surface area contributed by atoms with E-state index in [1.54, 1.807) is 12.1 Å². The summed E-state index contributed by atoms with van der Waals surface area (Å²) in [6.07, 6.45) is 1.96. The Balaban J connectivity index is 2.05. The molecule has 0 radical (unpaired) electrons. The van der Waals surface area contributed by atoms with Gasteiger partial charge in [-0.15, -0.1) is 0 Å². The quantitative estimate of drug-likeness (QED) is 0.470. The number of carbonyl (C=O) groups is 1. The number of fused-ring (bicyclic) bond motifs is 1. The van der Waals surface area contributed by atoms with Gasteiger partial charge in [0.05, 0.1) is 0 Å². The first-order valence-corrected chi connectivity index (χ1v) is 9.53. The minimum atomic E-state index is -0.983. The number of aromatic amines is 1. The van der Waals surface area contributed by atoms with Gasteiger partial charge in [0, 0.05) is 16.6 Å². The predicted molar refractivity (Wildman–Crippen MR) is 113 cm³/mol. The monoisotopic (exact) mass is 369 g/mol. The molecule has 3 heteroatoms. The van der Waals surface area contributed by atoms with Crippen molar-refractivity contribution in [1.29, 1.82) is 0 Å². The second-order valence-corrected chi connectivity index (χ2v) is 7.19. The number of phenolic OH excluding ortho intramolecular Hbond substituents is 1. The number of hydrogen-bond donors (Lipinski definition) is 2. The van der Waals surface area contributed by atoms with E-state index >= 15 is 0 Å². The van der Waals surface area contributed by atoms with Gasteiger partial charge in [0.1, 0.15) is 17.5 Å². The second kappa shape index (κ2) is 7.01. The fraction of sp³-hybridized carbons (Fsp3) is 0.160. The third-order valence-corrected chi connectivity index (χ3v) is 5.68. The zero-order valence-electron chi connectivity index (χ0n) is 16.1. The summed E-state index contributed by atoms with van der Waals surface area (Å²) in [7, 11) is 0. The van der Waals surface area contributed by atoms with E-state index in [4.69, 9.17) is 0 Å². The molecule has 0 bridgehead atoms. The van der Waals surface area contributed by atoms with Gasteiger partial charge in [-0.2, -0.15) is 0 Å². The van der Waals surface area contributed by atoms with Crippen molar-refractivity contribution >= 4 is 17.2 Å². The molecule has 2 N–H and O–H groups in total. The largest absolute Gasteiger partial charge is 0.508 e. The smallest absolute Gasteiger partial charge is 0.140 e. The van der Waals surface area contributed by atoms with Crippen LogP contribution >= 0.6 is 0 Å². The molecular formula is C25H23NO2. The Morgan fingerprint density at radius 2 is 1.54 bits per heavy atom. The summed E-state index contributed by atoms with van der Waals surface area (Å²) >= 11 is 0. The maximum absolute atomic E-state index is 12.8. The minimum Gasteiger partial charge on any atom is -0.508 e. The molecule has 0 amide bonds. The lowest BCUT2D eigenvalue weighted by molar-refractivity contribution is -0.110. The molecule has 4 aromatic rings. The Morgan fingerprint density at radius 3 is 2.11 bits per heavy atom. The van der Waals surface area contributed by atoms with E-state index in [9.17, 15) is 9.90 Å². The summed E-state index contributed by atoms with van der Waals surface area (Å²) in [6.45, 7) is 4.16. The van der Waals surface area contributed by atoms with Crippen molar-refractivity contribution < 1.29 is 9.90 Å². The first-order chi connectivity index (χ1) is 13.6. The standard InChI is InChI=1S/C25H23NO2/c1-3-18-8-10-19(11-9-18)25(16-27,20-12-14-21(28)15-13-20)24-17(2)22-6-4-5-7-23(22)26-24/h4-16,26,28H,3H2,1-2H3/t25-/m1/s1. The lowest BCUT2D eigenvalue weighted by atomic mass is 9.72. The van der Waals surface area contributed by atoms with Gasteiger partial charge in [0.15, 0.2) is 0 Å². The van der Waals surface area contributed by atoms with Crippen molar-refractivity contribution in [2.45, 2.75) is 25.7 Å². The van der Waals surface area contributed by atoms with Crippen LogP contribution in [0.4, 0.5) is 0 Å². The zero-order chi connectivity index (χ0) is 19.7. The number of hydrogen-bond acceptors (Lipinski definition) is 2. The Kier molecular flexibility index (Phi) is 4.52. The molecule has 0 saturated heterocycles. The molecule has 1 atom stereocenters. The first kappa shape index (κ1) is 18.1. The van der Waals surface area contributed by atoms with Gasteiger partial charge in [-0.3, -0.25) is 0 Å². The molecule has 1 aromatic heterocycles. The van der Waals surface area contributed by atoms with E-state index in [0.29, 0.717) is 0 Å². The van der Waals surface area contributed by atoms with E-state index in [-0.39, 0.29) is 5.75 Å². The van der Waals surface area contributed by atoms with Crippen LogP contribution in [0.2, 0.25) is 0 Å². The fourth-order valence-electron chi connectivity index (χ4n) is 4.05. The van der Waals surface area contributed by atoms with E-state index in [0.717, 1.165) is 46.0 Å². The number of rotatable bonds is 5. The van der Waals surface area contributed by atoms with Crippen molar-refractivity contribution in [2.75, 3.05) is 0 Å². The summed E-state index contributed by atoms with van der Waals surface area (Å²) in [6, 6.07) is 23.2.